The zero-order valence-electron chi connectivity index (χ0n) is 15.9. The van der Waals surface area contributed by atoms with Gasteiger partial charge in [0.05, 0.1) is 17.8 Å². The van der Waals surface area contributed by atoms with E-state index in [9.17, 15) is 18.5 Å². The monoisotopic (exact) mass is 423 g/mol. The number of esters is 1. The maximum atomic E-state index is 12.7. The summed E-state index contributed by atoms with van der Waals surface area (Å²) in [6.45, 7) is 2.03. The summed E-state index contributed by atoms with van der Waals surface area (Å²) in [5.74, 6) is -0.309. The molecule has 0 saturated heterocycles. The first-order chi connectivity index (χ1) is 14.5. The van der Waals surface area contributed by atoms with Crippen LogP contribution in [0.15, 0.2) is 81.1 Å². The van der Waals surface area contributed by atoms with Crippen molar-refractivity contribution in [3.8, 4) is 17.6 Å². The minimum Gasteiger partial charge on any atom is -0.490 e. The highest BCUT2D eigenvalue weighted by molar-refractivity contribution is 7.95. The predicted molar refractivity (Wildman–Crippen MR) is 108 cm³/mol. The second-order valence-electron chi connectivity index (χ2n) is 5.94. The summed E-state index contributed by atoms with van der Waals surface area (Å²) in [5, 5.41) is 9.43. The van der Waals surface area contributed by atoms with E-state index in [0.717, 1.165) is 0 Å². The number of furan rings is 1. The molecule has 7 nitrogen and oxygen atoms in total. The van der Waals surface area contributed by atoms with Crippen molar-refractivity contribution in [2.45, 2.75) is 11.8 Å². The van der Waals surface area contributed by atoms with Gasteiger partial charge in [0.25, 0.3) is 0 Å². The zero-order chi connectivity index (χ0) is 21.6. The van der Waals surface area contributed by atoms with Crippen LogP contribution >= 0.6 is 0 Å². The number of ether oxygens (including phenoxy) is 2. The molecule has 0 fully saturated rings. The third kappa shape index (κ3) is 4.59. The van der Waals surface area contributed by atoms with Gasteiger partial charge in [-0.1, -0.05) is 24.3 Å². The quantitative estimate of drug-likeness (QED) is 0.318. The normalized spacial score (nSPS) is 11.5. The van der Waals surface area contributed by atoms with E-state index in [1.165, 1.54) is 48.7 Å². The summed E-state index contributed by atoms with van der Waals surface area (Å²) in [4.78, 5) is 11.7. The summed E-state index contributed by atoms with van der Waals surface area (Å²) >= 11 is 0. The van der Waals surface area contributed by atoms with Gasteiger partial charge in [-0.25, -0.2) is 13.2 Å². The molecule has 8 heteroatoms. The smallest absolute Gasteiger partial charge is 0.379 e. The molecule has 0 aliphatic carbocycles. The molecule has 3 rings (SSSR count). The Balaban J connectivity index is 1.95. The lowest BCUT2D eigenvalue weighted by Gasteiger charge is -2.11. The number of allylic oxidation sites excluding steroid dienone is 1. The minimum absolute atomic E-state index is 0.0202. The SMILES string of the molecule is CCOc1cc(/C=C(/C#N)S(=O)(=O)c2ccccc2)ccc1OC(=O)c1ccco1. The number of sulfone groups is 1. The van der Waals surface area contributed by atoms with Crippen molar-refractivity contribution < 1.29 is 27.1 Å². The Morgan fingerprint density at radius 3 is 2.50 bits per heavy atom. The van der Waals surface area contributed by atoms with Gasteiger partial charge in [0.2, 0.25) is 15.6 Å². The lowest BCUT2D eigenvalue weighted by Crippen LogP contribution is -2.08. The second-order valence-corrected chi connectivity index (χ2v) is 7.86. The van der Waals surface area contributed by atoms with Crippen LogP contribution in [0.4, 0.5) is 0 Å². The van der Waals surface area contributed by atoms with Gasteiger partial charge < -0.3 is 13.9 Å². The molecule has 0 spiro atoms. The van der Waals surface area contributed by atoms with Crippen LogP contribution in [0.5, 0.6) is 11.5 Å². The van der Waals surface area contributed by atoms with E-state index >= 15 is 0 Å². The minimum atomic E-state index is -3.97. The predicted octanol–water partition coefficient (Wildman–Crippen LogP) is 4.24. The summed E-state index contributed by atoms with van der Waals surface area (Å²) in [6.07, 6.45) is 2.59. The first kappa shape index (κ1) is 20.9. The average molecular weight is 423 g/mol. The number of nitriles is 1. The lowest BCUT2D eigenvalue weighted by molar-refractivity contribution is 0.0695. The molecule has 0 amide bonds. The Bertz CT molecular complexity index is 1210. The summed E-state index contributed by atoms with van der Waals surface area (Å²) in [6, 6.07) is 16.9. The highest BCUT2D eigenvalue weighted by Crippen LogP contribution is 2.31. The number of hydrogen-bond acceptors (Lipinski definition) is 7. The molecule has 152 valence electrons. The summed E-state index contributed by atoms with van der Waals surface area (Å²) < 4.78 is 41.3. The van der Waals surface area contributed by atoms with Crippen molar-refractivity contribution in [3.63, 3.8) is 0 Å². The number of nitrogens with zero attached hydrogens (tertiary/aromatic N) is 1. The maximum absolute atomic E-state index is 12.7. The van der Waals surface area contributed by atoms with E-state index in [2.05, 4.69) is 0 Å². The molecule has 3 aromatic rings. The van der Waals surface area contributed by atoms with Gasteiger partial charge in [0.1, 0.15) is 11.0 Å². The first-order valence-corrected chi connectivity index (χ1v) is 10.4. The van der Waals surface area contributed by atoms with E-state index in [-0.39, 0.29) is 28.8 Å². The van der Waals surface area contributed by atoms with Crippen molar-refractivity contribution in [2.24, 2.45) is 0 Å². The van der Waals surface area contributed by atoms with Gasteiger partial charge in [-0.05, 0) is 55.0 Å². The van der Waals surface area contributed by atoms with Gasteiger partial charge >= 0.3 is 5.97 Å². The molecule has 30 heavy (non-hydrogen) atoms. The molecular formula is C22H17NO6S. The van der Waals surface area contributed by atoms with Crippen LogP contribution in [0.2, 0.25) is 0 Å². The standard InChI is InChI=1S/C22H17NO6S/c1-2-27-21-14-16(10-11-19(21)29-22(24)20-9-6-12-28-20)13-18(15-23)30(25,26)17-7-4-3-5-8-17/h3-14H,2H2,1H3/b18-13-. The number of carbonyl (C=O) groups is 1. The fraction of sp³-hybridized carbons (Fsp3) is 0.0909. The van der Waals surface area contributed by atoms with Crippen LogP contribution in [0.25, 0.3) is 6.08 Å². The van der Waals surface area contributed by atoms with Crippen LogP contribution in [0.1, 0.15) is 23.0 Å². The topological polar surface area (TPSA) is 107 Å². The van der Waals surface area contributed by atoms with E-state index in [4.69, 9.17) is 13.9 Å². The number of carbonyl (C=O) groups excluding carboxylic acids is 1. The van der Waals surface area contributed by atoms with E-state index in [1.807, 2.05) is 0 Å². The van der Waals surface area contributed by atoms with Crippen molar-refractivity contribution in [1.82, 2.24) is 0 Å². The number of benzene rings is 2. The molecule has 0 aliphatic heterocycles. The van der Waals surface area contributed by atoms with Crippen molar-refractivity contribution in [3.05, 3.63) is 83.2 Å². The molecule has 0 N–H and O–H groups in total. The van der Waals surface area contributed by atoms with E-state index in [0.29, 0.717) is 5.56 Å². The molecule has 0 unspecified atom stereocenters. The summed E-state index contributed by atoms with van der Waals surface area (Å²) in [5.41, 5.74) is 0.396. The van der Waals surface area contributed by atoms with Crippen LogP contribution < -0.4 is 9.47 Å². The molecule has 0 saturated carbocycles. The maximum Gasteiger partial charge on any atom is 0.379 e. The van der Waals surface area contributed by atoms with Gasteiger partial charge in [-0.2, -0.15) is 5.26 Å². The summed E-state index contributed by atoms with van der Waals surface area (Å²) in [7, 11) is -3.97. The Kier molecular flexibility index (Phi) is 6.35. The Morgan fingerprint density at radius 1 is 1.10 bits per heavy atom. The van der Waals surface area contributed by atoms with E-state index in [1.54, 1.807) is 37.3 Å². The van der Waals surface area contributed by atoms with E-state index < -0.39 is 20.7 Å². The fourth-order valence-corrected chi connectivity index (χ4v) is 3.74. The zero-order valence-corrected chi connectivity index (χ0v) is 16.8. The van der Waals surface area contributed by atoms with Gasteiger partial charge in [0.15, 0.2) is 11.5 Å². The highest BCUT2D eigenvalue weighted by atomic mass is 32.2. The van der Waals surface area contributed by atoms with Crippen LogP contribution in [0, 0.1) is 11.3 Å². The fourth-order valence-electron chi connectivity index (χ4n) is 2.56. The van der Waals surface area contributed by atoms with Crippen LogP contribution in [-0.2, 0) is 9.84 Å². The van der Waals surface area contributed by atoms with Gasteiger partial charge in [-0.3, -0.25) is 0 Å². The average Bonchev–Trinajstić information content (AvgIpc) is 3.29. The van der Waals surface area contributed by atoms with Gasteiger partial charge in [0, 0.05) is 0 Å². The lowest BCUT2D eigenvalue weighted by atomic mass is 10.2. The van der Waals surface area contributed by atoms with Crippen molar-refractivity contribution in [1.29, 1.82) is 5.26 Å². The third-order valence-corrected chi connectivity index (χ3v) is 5.62. The first-order valence-electron chi connectivity index (χ1n) is 8.90. The van der Waals surface area contributed by atoms with Crippen LogP contribution in [0.3, 0.4) is 0 Å². The largest absolute Gasteiger partial charge is 0.490 e. The van der Waals surface area contributed by atoms with Gasteiger partial charge in [-0.15, -0.1) is 0 Å². The molecule has 1 heterocycles. The molecule has 1 aromatic heterocycles. The van der Waals surface area contributed by atoms with Crippen molar-refractivity contribution >= 4 is 21.9 Å². The Hall–Kier alpha value is -3.83. The Morgan fingerprint density at radius 2 is 1.87 bits per heavy atom. The molecule has 0 aliphatic rings. The highest BCUT2D eigenvalue weighted by Gasteiger charge is 2.21. The second kappa shape index (κ2) is 9.11. The molecule has 0 atom stereocenters. The molecule has 0 radical (unpaired) electrons. The third-order valence-electron chi connectivity index (χ3n) is 3.94. The molecule has 2 aromatic carbocycles. The molecular weight excluding hydrogens is 406 g/mol. The number of hydrogen-bond donors (Lipinski definition) is 0. The number of rotatable bonds is 7. The Labute approximate surface area is 173 Å². The van der Waals surface area contributed by atoms with Crippen molar-refractivity contribution in [2.75, 3.05) is 6.61 Å². The van der Waals surface area contributed by atoms with Crippen LogP contribution in [-0.4, -0.2) is 21.0 Å². The molecule has 0 bridgehead atoms.